The summed E-state index contributed by atoms with van der Waals surface area (Å²) in [6.45, 7) is 6.54. The van der Waals surface area contributed by atoms with Gasteiger partial charge in [-0.15, -0.1) is 0 Å². The molecule has 5 rings (SSSR count). The van der Waals surface area contributed by atoms with Gasteiger partial charge in [0, 0.05) is 48.0 Å². The number of halogens is 3. The first-order valence-corrected chi connectivity index (χ1v) is 13.0. The molecule has 0 atom stereocenters. The normalized spacial score (nSPS) is 13.1. The Morgan fingerprint density at radius 3 is 2.38 bits per heavy atom. The predicted octanol–water partition coefficient (Wildman–Crippen LogP) is 5.03. The van der Waals surface area contributed by atoms with E-state index in [-0.39, 0.29) is 12.0 Å². The molecule has 1 aromatic carbocycles. The van der Waals surface area contributed by atoms with Gasteiger partial charge in [0.2, 0.25) is 6.41 Å². The maximum Gasteiger partial charge on any atom is 0.433 e. The number of aromatic nitrogens is 3. The fourth-order valence-corrected chi connectivity index (χ4v) is 4.42. The second-order valence-electron chi connectivity index (χ2n) is 9.43. The Morgan fingerprint density at radius 2 is 1.69 bits per heavy atom. The molecule has 0 radical (unpaired) electrons. The first-order valence-electron chi connectivity index (χ1n) is 13.0. The number of primary amides is 1. The minimum atomic E-state index is -4.64. The molecule has 0 unspecified atom stereocenters. The zero-order valence-electron chi connectivity index (χ0n) is 23.0. The van der Waals surface area contributed by atoms with Crippen LogP contribution >= 0.6 is 0 Å². The predicted molar refractivity (Wildman–Crippen MR) is 153 cm³/mol. The third-order valence-electron chi connectivity index (χ3n) is 6.46. The summed E-state index contributed by atoms with van der Waals surface area (Å²) in [5.41, 5.74) is 8.68. The largest absolute Gasteiger partial charge is 0.433 e. The molecule has 2 amide bonds. The molecular formula is C30H29F3N6O3. The molecule has 3 aromatic heterocycles. The van der Waals surface area contributed by atoms with Gasteiger partial charge in [-0.1, -0.05) is 6.07 Å². The standard InChI is InChI=1S/C29H26F3N5O2.CH3NO/c1-18-3-4-23(35-28(38)21-6-8-34-26(15-21)29(30,31)32)17-24(18)22-14-25(20-5-7-33-19(2)13-20)36-27(16-22)37-9-11-39-12-10-37;2-1-3/h3-8,13-17H,9-12H2,1-2H3,(H,35,38);1H,(H2,2,3). The number of pyridine rings is 3. The monoisotopic (exact) mass is 578 g/mol. The SMILES string of the molecule is Cc1cc(-c2cc(-c3cc(NC(=O)c4ccnc(C(F)(F)F)c4)ccc3C)cc(N3CCOCC3)n2)ccn1.NC=O. The Bertz CT molecular complexity index is 1570. The van der Waals surface area contributed by atoms with Crippen LogP contribution in [0.5, 0.6) is 0 Å². The zero-order valence-corrected chi connectivity index (χ0v) is 23.0. The third-order valence-corrected chi connectivity index (χ3v) is 6.46. The number of hydrogen-bond donors (Lipinski definition) is 2. The maximum absolute atomic E-state index is 13.1. The van der Waals surface area contributed by atoms with Crippen molar-refractivity contribution < 1.29 is 27.5 Å². The summed E-state index contributed by atoms with van der Waals surface area (Å²) in [7, 11) is 0. The molecule has 0 saturated carbocycles. The lowest BCUT2D eigenvalue weighted by atomic mass is 9.98. The van der Waals surface area contributed by atoms with Crippen LogP contribution in [0.1, 0.15) is 27.3 Å². The number of hydrogen-bond acceptors (Lipinski definition) is 7. The minimum Gasteiger partial charge on any atom is -0.378 e. The molecule has 0 aliphatic carbocycles. The Morgan fingerprint density at radius 1 is 0.976 bits per heavy atom. The van der Waals surface area contributed by atoms with E-state index in [0.29, 0.717) is 32.0 Å². The topological polar surface area (TPSA) is 123 Å². The van der Waals surface area contributed by atoms with E-state index in [2.05, 4.69) is 25.9 Å². The average molecular weight is 579 g/mol. The van der Waals surface area contributed by atoms with Crippen LogP contribution < -0.4 is 16.0 Å². The fraction of sp³-hybridized carbons (Fsp3) is 0.233. The second-order valence-corrected chi connectivity index (χ2v) is 9.43. The van der Waals surface area contributed by atoms with Crippen LogP contribution in [0.2, 0.25) is 0 Å². The van der Waals surface area contributed by atoms with Crippen LogP contribution in [0.3, 0.4) is 0 Å². The lowest BCUT2D eigenvalue weighted by molar-refractivity contribution is -0.141. The highest BCUT2D eigenvalue weighted by Crippen LogP contribution is 2.33. The molecule has 3 N–H and O–H groups in total. The first kappa shape index (κ1) is 30.1. The number of morpholine rings is 1. The second kappa shape index (κ2) is 13.2. The number of aryl methyl sites for hydroxylation is 2. The van der Waals surface area contributed by atoms with E-state index >= 15 is 0 Å². The van der Waals surface area contributed by atoms with Crippen molar-refractivity contribution in [3.63, 3.8) is 0 Å². The summed E-state index contributed by atoms with van der Waals surface area (Å²) < 4.78 is 44.7. The molecule has 4 heterocycles. The zero-order chi connectivity index (χ0) is 30.3. The number of nitrogens with zero attached hydrogens (tertiary/aromatic N) is 4. The molecule has 1 aliphatic rings. The number of carbonyl (C=O) groups is 2. The number of carbonyl (C=O) groups excluding carboxylic acids is 2. The smallest absolute Gasteiger partial charge is 0.378 e. The van der Waals surface area contributed by atoms with Crippen LogP contribution in [0.4, 0.5) is 24.7 Å². The number of ether oxygens (including phenoxy) is 1. The first-order chi connectivity index (χ1) is 20.1. The van der Waals surface area contributed by atoms with Gasteiger partial charge in [0.15, 0.2) is 0 Å². The molecule has 12 heteroatoms. The third kappa shape index (κ3) is 7.46. The van der Waals surface area contributed by atoms with Crippen LogP contribution in [-0.2, 0) is 15.7 Å². The maximum atomic E-state index is 13.1. The van der Waals surface area contributed by atoms with E-state index < -0.39 is 17.8 Å². The molecule has 42 heavy (non-hydrogen) atoms. The van der Waals surface area contributed by atoms with E-state index in [0.717, 1.165) is 51.7 Å². The lowest BCUT2D eigenvalue weighted by Crippen LogP contribution is -2.36. The van der Waals surface area contributed by atoms with E-state index in [1.54, 1.807) is 12.3 Å². The van der Waals surface area contributed by atoms with Gasteiger partial charge in [0.25, 0.3) is 5.91 Å². The number of anilines is 2. The highest BCUT2D eigenvalue weighted by Gasteiger charge is 2.33. The van der Waals surface area contributed by atoms with Crippen molar-refractivity contribution in [2.75, 3.05) is 36.5 Å². The highest BCUT2D eigenvalue weighted by atomic mass is 19.4. The lowest BCUT2D eigenvalue weighted by Gasteiger charge is -2.28. The van der Waals surface area contributed by atoms with Gasteiger partial charge < -0.3 is 20.7 Å². The number of benzene rings is 1. The Hall–Kier alpha value is -4.84. The van der Waals surface area contributed by atoms with E-state index in [1.807, 2.05) is 50.2 Å². The number of rotatable bonds is 5. The van der Waals surface area contributed by atoms with E-state index in [4.69, 9.17) is 14.5 Å². The molecule has 4 aromatic rings. The molecule has 218 valence electrons. The van der Waals surface area contributed by atoms with Gasteiger partial charge in [-0.25, -0.2) is 4.98 Å². The van der Waals surface area contributed by atoms with Crippen molar-refractivity contribution in [1.29, 1.82) is 0 Å². The number of nitrogens with two attached hydrogens (primary N) is 1. The minimum absolute atomic E-state index is 0.131. The molecule has 1 aliphatic heterocycles. The van der Waals surface area contributed by atoms with Crippen LogP contribution in [0.15, 0.2) is 67.0 Å². The number of alkyl halides is 3. The molecule has 0 spiro atoms. The Labute approximate surface area is 240 Å². The molecular weight excluding hydrogens is 549 g/mol. The van der Waals surface area contributed by atoms with E-state index in [1.165, 1.54) is 6.07 Å². The van der Waals surface area contributed by atoms with Gasteiger partial charge in [-0.05, 0) is 79.1 Å². The summed E-state index contributed by atoms with van der Waals surface area (Å²) in [6.07, 6.45) is -1.67. The van der Waals surface area contributed by atoms with Crippen molar-refractivity contribution in [3.8, 4) is 22.4 Å². The van der Waals surface area contributed by atoms with Gasteiger partial charge in [0.05, 0.1) is 18.9 Å². The molecule has 0 bridgehead atoms. The van der Waals surface area contributed by atoms with Crippen LogP contribution in [0.25, 0.3) is 22.4 Å². The summed E-state index contributed by atoms with van der Waals surface area (Å²) in [6, 6.07) is 15.3. The summed E-state index contributed by atoms with van der Waals surface area (Å²) in [4.78, 5) is 36.1. The number of amides is 2. The van der Waals surface area contributed by atoms with Crippen molar-refractivity contribution in [2.45, 2.75) is 20.0 Å². The van der Waals surface area contributed by atoms with Crippen molar-refractivity contribution in [2.24, 2.45) is 5.73 Å². The summed E-state index contributed by atoms with van der Waals surface area (Å²) in [5.74, 6) is 0.153. The van der Waals surface area contributed by atoms with Gasteiger partial charge >= 0.3 is 6.18 Å². The highest BCUT2D eigenvalue weighted by molar-refractivity contribution is 6.04. The van der Waals surface area contributed by atoms with Crippen LogP contribution in [-0.4, -0.2) is 53.6 Å². The summed E-state index contributed by atoms with van der Waals surface area (Å²) in [5, 5.41) is 2.72. The Kier molecular flexibility index (Phi) is 9.48. The van der Waals surface area contributed by atoms with E-state index in [9.17, 15) is 18.0 Å². The van der Waals surface area contributed by atoms with Gasteiger partial charge in [0.1, 0.15) is 11.5 Å². The molecule has 1 fully saturated rings. The fourth-order valence-electron chi connectivity index (χ4n) is 4.42. The average Bonchev–Trinajstić information content (AvgIpc) is 2.98. The van der Waals surface area contributed by atoms with Crippen molar-refractivity contribution in [1.82, 2.24) is 15.0 Å². The van der Waals surface area contributed by atoms with Gasteiger partial charge in [-0.3, -0.25) is 19.6 Å². The molecule has 9 nitrogen and oxygen atoms in total. The number of nitrogens with one attached hydrogen (secondary N) is 1. The Balaban J connectivity index is 0.00000129. The molecule has 1 saturated heterocycles. The quantitative estimate of drug-likeness (QED) is 0.319. The summed E-state index contributed by atoms with van der Waals surface area (Å²) >= 11 is 0. The van der Waals surface area contributed by atoms with Crippen LogP contribution in [0, 0.1) is 13.8 Å². The van der Waals surface area contributed by atoms with Gasteiger partial charge in [-0.2, -0.15) is 13.2 Å². The van der Waals surface area contributed by atoms with Crippen molar-refractivity contribution in [3.05, 3.63) is 89.5 Å². The van der Waals surface area contributed by atoms with Crippen molar-refractivity contribution >= 4 is 23.8 Å².